The Morgan fingerprint density at radius 3 is 2.56 bits per heavy atom. The summed E-state index contributed by atoms with van der Waals surface area (Å²) in [7, 11) is 0. The number of ketones is 3. The Bertz CT molecular complexity index is 1390. The molecule has 0 spiro atoms. The molecule has 2 aliphatic carbocycles. The van der Waals surface area contributed by atoms with Crippen LogP contribution in [-0.2, 0) is 16.0 Å². The molecule has 0 heterocycles. The number of nitrogens with two attached hydrogens (primary N) is 1. The maximum absolute atomic E-state index is 13.6. The first-order valence-corrected chi connectivity index (χ1v) is 10.3. The smallest absolute Gasteiger partial charge is 0.209 e. The van der Waals surface area contributed by atoms with Crippen LogP contribution in [0.25, 0.3) is 21.2 Å². The minimum absolute atomic E-state index is 0.180. The molecule has 0 fully saturated rings. The number of carbonyl (C=O) groups excluding carboxylic acids is 3. The number of aryl methyl sites for hydroxylation is 1. The fraction of sp³-hybridized carbons (Fsp3) is 0.318. The maximum Gasteiger partial charge on any atom is 0.209 e. The molecule has 0 amide bonds. The van der Waals surface area contributed by atoms with Crippen molar-refractivity contribution in [1.82, 2.24) is 0 Å². The number of benzene rings is 2. The molecule has 0 bridgehead atoms. The van der Waals surface area contributed by atoms with E-state index in [1.54, 1.807) is 6.92 Å². The van der Waals surface area contributed by atoms with Crippen molar-refractivity contribution in [2.24, 2.45) is 16.9 Å². The van der Waals surface area contributed by atoms with E-state index < -0.39 is 63.3 Å². The Morgan fingerprint density at radius 2 is 1.94 bits per heavy atom. The van der Waals surface area contributed by atoms with Crippen molar-refractivity contribution < 1.29 is 39.6 Å². The highest BCUT2D eigenvalue weighted by molar-refractivity contribution is 6.33. The summed E-state index contributed by atoms with van der Waals surface area (Å²) in [6.07, 6.45) is -0.366. The molecule has 4 rings (SSSR count). The minimum atomic E-state index is -2.81. The number of aliphatic hydroxyl groups is 2. The average molecular weight is 468 g/mol. The molecule has 0 saturated carbocycles. The van der Waals surface area contributed by atoms with Crippen LogP contribution in [0.4, 0.5) is 0 Å². The van der Waals surface area contributed by atoms with Gasteiger partial charge in [-0.05, 0) is 47.5 Å². The van der Waals surface area contributed by atoms with Gasteiger partial charge in [0.25, 0.3) is 0 Å². The number of hydrogen-bond acceptors (Lipinski definition) is 10. The number of hydrogen-bond donors (Lipinski definition) is 5. The van der Waals surface area contributed by atoms with Crippen molar-refractivity contribution in [3.63, 3.8) is 0 Å². The fourth-order valence-electron chi connectivity index (χ4n) is 4.87. The largest absolute Gasteiger partial charge is 0.510 e. The van der Waals surface area contributed by atoms with Crippen molar-refractivity contribution in [3.8, 4) is 17.2 Å². The zero-order valence-corrected chi connectivity index (χ0v) is 18.1. The molecule has 2 aliphatic rings. The van der Waals surface area contributed by atoms with Crippen LogP contribution in [0.2, 0.25) is 0 Å². The van der Waals surface area contributed by atoms with E-state index in [9.17, 15) is 34.8 Å². The molecule has 0 saturated heterocycles. The zero-order chi connectivity index (χ0) is 25.1. The molecule has 3 unspecified atom stereocenters. The van der Waals surface area contributed by atoms with Crippen LogP contribution in [0.5, 0.6) is 17.2 Å². The van der Waals surface area contributed by atoms with Gasteiger partial charge in [-0.1, -0.05) is 6.92 Å². The lowest BCUT2D eigenvalue weighted by molar-refractivity contribution is -0.138. The molecule has 0 radical (unpaired) electrons. The van der Waals surface area contributed by atoms with Gasteiger partial charge >= 0.3 is 0 Å². The van der Waals surface area contributed by atoms with E-state index in [1.807, 2.05) is 0 Å². The molecule has 176 valence electrons. The zero-order valence-electron chi connectivity index (χ0n) is 18.1. The normalized spacial score (nSPS) is 23.9. The van der Waals surface area contributed by atoms with E-state index >= 15 is 0 Å². The number of phenolic OH excluding ortho intramolecular Hbond substituents is 2. The van der Waals surface area contributed by atoms with Crippen molar-refractivity contribution in [1.29, 1.82) is 0 Å². The molecule has 0 aromatic heterocycles. The third-order valence-corrected chi connectivity index (χ3v) is 6.66. The summed E-state index contributed by atoms with van der Waals surface area (Å²) in [5.41, 5.74) is 11.2. The molecular weight excluding hydrogens is 448 g/mol. The molecule has 2 aromatic rings. The SMILES string of the molecule is CCC(=O)C1=C(O)C(N)C2Cc3c(c(O)c4c(O)c(ON=[N+]=[N-])ccc4c3C)C(=O)C2(O)C1=O. The Labute approximate surface area is 191 Å². The highest BCUT2D eigenvalue weighted by atomic mass is 16.6. The van der Waals surface area contributed by atoms with Gasteiger partial charge in [0.2, 0.25) is 11.6 Å². The molecule has 6 N–H and O–H groups in total. The van der Waals surface area contributed by atoms with E-state index in [0.29, 0.717) is 10.9 Å². The second-order valence-electron chi connectivity index (χ2n) is 8.22. The van der Waals surface area contributed by atoms with Gasteiger partial charge in [-0.25, -0.2) is 0 Å². The minimum Gasteiger partial charge on any atom is -0.510 e. The number of fused-ring (bicyclic) bond motifs is 3. The lowest BCUT2D eigenvalue weighted by Gasteiger charge is -2.44. The highest BCUT2D eigenvalue weighted by Gasteiger charge is 2.62. The van der Waals surface area contributed by atoms with Crippen molar-refractivity contribution in [3.05, 3.63) is 50.6 Å². The molecule has 12 heteroatoms. The van der Waals surface area contributed by atoms with E-state index in [1.165, 1.54) is 19.1 Å². The van der Waals surface area contributed by atoms with Gasteiger partial charge in [0.05, 0.1) is 17.0 Å². The van der Waals surface area contributed by atoms with Gasteiger partial charge < -0.3 is 31.0 Å². The first-order valence-electron chi connectivity index (χ1n) is 10.3. The molecule has 12 nitrogen and oxygen atoms in total. The topological polar surface area (TPSA) is 216 Å². The van der Waals surface area contributed by atoms with Gasteiger partial charge in [0.1, 0.15) is 22.4 Å². The van der Waals surface area contributed by atoms with E-state index in [0.717, 1.165) is 0 Å². The Kier molecular flexibility index (Phi) is 5.24. The summed E-state index contributed by atoms with van der Waals surface area (Å²) in [6.45, 7) is 3.04. The highest BCUT2D eigenvalue weighted by Crippen LogP contribution is 2.50. The standard InChI is InChI=1S/C22H20N4O8/c1-3-11(27)15-19(30)16(23)10-6-9-7(2)8-4-5-12(34-26-25-24)17(28)13(8)18(29)14(9)20(31)22(10,33)21(15)32/h4-5,10,16,28-30,33H,3,6,23H2,1-2H3. The van der Waals surface area contributed by atoms with E-state index in [2.05, 4.69) is 10.2 Å². The first kappa shape index (κ1) is 23.1. The number of azide groups is 1. The number of Topliss-reactive ketones (excluding diaryl/α,β-unsaturated/α-hetero) is 3. The Hall–Kier alpha value is -4.12. The summed E-state index contributed by atoms with van der Waals surface area (Å²) >= 11 is 0. The lowest BCUT2D eigenvalue weighted by atomic mass is 9.61. The van der Waals surface area contributed by atoms with Crippen molar-refractivity contribution >= 4 is 28.1 Å². The van der Waals surface area contributed by atoms with Gasteiger partial charge in [0, 0.05) is 17.3 Å². The number of aromatic hydroxyl groups is 2. The second-order valence-corrected chi connectivity index (χ2v) is 8.22. The second kappa shape index (κ2) is 7.73. The van der Waals surface area contributed by atoms with Crippen LogP contribution in [0.15, 0.2) is 28.7 Å². The number of carbonyl (C=O) groups is 3. The first-order chi connectivity index (χ1) is 16.0. The molecular formula is C22H20N4O8. The number of phenols is 2. The Morgan fingerprint density at radius 1 is 1.26 bits per heavy atom. The van der Waals surface area contributed by atoms with Crippen LogP contribution in [0.3, 0.4) is 0 Å². The van der Waals surface area contributed by atoms with E-state index in [-0.39, 0.29) is 29.5 Å². The van der Waals surface area contributed by atoms with Crippen LogP contribution in [0.1, 0.15) is 34.8 Å². The number of rotatable bonds is 4. The van der Waals surface area contributed by atoms with Crippen molar-refractivity contribution in [2.45, 2.75) is 38.3 Å². The monoisotopic (exact) mass is 468 g/mol. The summed E-state index contributed by atoms with van der Waals surface area (Å²) in [4.78, 5) is 46.3. The predicted molar refractivity (Wildman–Crippen MR) is 116 cm³/mol. The Balaban J connectivity index is 2.01. The van der Waals surface area contributed by atoms with Crippen LogP contribution < -0.4 is 10.6 Å². The molecule has 34 heavy (non-hydrogen) atoms. The van der Waals surface area contributed by atoms with Gasteiger partial charge in [-0.15, -0.1) is 0 Å². The van der Waals surface area contributed by atoms with Crippen molar-refractivity contribution in [2.75, 3.05) is 0 Å². The fourth-order valence-corrected chi connectivity index (χ4v) is 4.87. The summed E-state index contributed by atoms with van der Waals surface area (Å²) in [5, 5.41) is 46.5. The van der Waals surface area contributed by atoms with E-state index in [4.69, 9.17) is 16.1 Å². The molecule has 3 atom stereocenters. The number of aliphatic hydroxyl groups excluding tert-OH is 1. The van der Waals surface area contributed by atoms with Gasteiger partial charge in [-0.3, -0.25) is 14.4 Å². The van der Waals surface area contributed by atoms with Crippen LogP contribution >= 0.6 is 0 Å². The summed E-state index contributed by atoms with van der Waals surface area (Å²) in [6, 6.07) is 1.36. The predicted octanol–water partition coefficient (Wildman–Crippen LogP) is 1.95. The summed E-state index contributed by atoms with van der Waals surface area (Å²) < 4.78 is 0. The molecule has 2 aromatic carbocycles. The van der Waals surface area contributed by atoms with Crippen LogP contribution in [-0.4, -0.2) is 49.4 Å². The maximum atomic E-state index is 13.6. The molecule has 0 aliphatic heterocycles. The third-order valence-electron chi connectivity index (χ3n) is 6.66. The third kappa shape index (κ3) is 2.80. The number of nitrogens with zero attached hydrogens (tertiary/aromatic N) is 3. The lowest BCUT2D eigenvalue weighted by Crippen LogP contribution is -2.65. The summed E-state index contributed by atoms with van der Waals surface area (Å²) in [5.74, 6) is -6.97. The average Bonchev–Trinajstić information content (AvgIpc) is 2.81. The van der Waals surface area contributed by atoms with Gasteiger partial charge in [-0.2, -0.15) is 0 Å². The van der Waals surface area contributed by atoms with Crippen LogP contribution in [0, 0.1) is 12.8 Å². The van der Waals surface area contributed by atoms with Gasteiger partial charge in [0.15, 0.2) is 22.9 Å². The quantitative estimate of drug-likeness (QED) is 0.110.